The van der Waals surface area contributed by atoms with Gasteiger partial charge in [0, 0.05) is 44.4 Å². The number of nitro benzene ring substituents is 1. The zero-order chi connectivity index (χ0) is 26.0. The van der Waals surface area contributed by atoms with E-state index >= 15 is 0 Å². The van der Waals surface area contributed by atoms with Crippen LogP contribution in [0.2, 0.25) is 0 Å². The van der Waals surface area contributed by atoms with Crippen molar-refractivity contribution in [3.8, 4) is 11.5 Å². The van der Waals surface area contributed by atoms with Crippen molar-refractivity contribution >= 4 is 33.2 Å². The predicted octanol–water partition coefficient (Wildman–Crippen LogP) is 3.38. The van der Waals surface area contributed by atoms with Gasteiger partial charge in [0.15, 0.2) is 0 Å². The van der Waals surface area contributed by atoms with Crippen molar-refractivity contribution in [3.63, 3.8) is 0 Å². The molecule has 0 aliphatic carbocycles. The van der Waals surface area contributed by atoms with E-state index in [1.807, 2.05) is 15.5 Å². The number of ether oxygens (including phenoxy) is 2. The highest BCUT2D eigenvalue weighted by Gasteiger charge is 2.27. The Morgan fingerprint density at radius 3 is 2.36 bits per heavy atom. The molecule has 0 amide bonds. The molecule has 36 heavy (non-hydrogen) atoms. The minimum atomic E-state index is -0.436. The number of nitrogens with zero attached hydrogens (tertiary/aromatic N) is 4. The molecule has 0 radical (unpaired) electrons. The fourth-order valence-electron chi connectivity index (χ4n) is 5.06. The zero-order valence-electron chi connectivity index (χ0n) is 21.3. The van der Waals surface area contributed by atoms with E-state index in [4.69, 9.17) is 9.47 Å². The Morgan fingerprint density at radius 1 is 1.08 bits per heavy atom. The minimum Gasteiger partial charge on any atom is -0.497 e. The van der Waals surface area contributed by atoms with E-state index in [0.29, 0.717) is 66.1 Å². The number of hydrogen-bond acceptors (Lipinski definition) is 8. The lowest BCUT2D eigenvalue weighted by Gasteiger charge is -2.31. The number of rotatable bonds is 9. The van der Waals surface area contributed by atoms with Crippen LogP contribution in [0.4, 0.5) is 11.4 Å². The highest BCUT2D eigenvalue weighted by atomic mass is 16.6. The average molecular weight is 499 g/mol. The molecule has 0 spiro atoms. The lowest BCUT2D eigenvalue weighted by Crippen LogP contribution is -2.36. The Balaban J connectivity index is 2.05. The van der Waals surface area contributed by atoms with Crippen LogP contribution in [0.15, 0.2) is 29.1 Å². The molecule has 0 atom stereocenters. The minimum absolute atomic E-state index is 0.113. The van der Waals surface area contributed by atoms with Gasteiger partial charge < -0.3 is 28.9 Å². The van der Waals surface area contributed by atoms with Crippen LogP contribution in [-0.4, -0.2) is 72.5 Å². The number of aliphatic hydroxyl groups is 1. The number of hydrogen-bond donors (Lipinski definition) is 1. The van der Waals surface area contributed by atoms with Crippen LogP contribution < -0.4 is 19.8 Å². The van der Waals surface area contributed by atoms with Gasteiger partial charge in [0.2, 0.25) is 5.43 Å². The Morgan fingerprint density at radius 2 is 1.78 bits per heavy atom. The summed E-state index contributed by atoms with van der Waals surface area (Å²) in [5.74, 6) is 0.923. The number of nitro groups is 1. The molecule has 10 nitrogen and oxygen atoms in total. The van der Waals surface area contributed by atoms with Crippen molar-refractivity contribution in [2.24, 2.45) is 0 Å². The molecule has 2 heterocycles. The van der Waals surface area contributed by atoms with Crippen molar-refractivity contribution in [2.45, 2.75) is 39.3 Å². The molecule has 1 aliphatic heterocycles. The van der Waals surface area contributed by atoms with Gasteiger partial charge in [0.05, 0.1) is 47.1 Å². The summed E-state index contributed by atoms with van der Waals surface area (Å²) in [5, 5.41) is 22.7. The van der Waals surface area contributed by atoms with E-state index in [9.17, 15) is 20.0 Å². The largest absolute Gasteiger partial charge is 0.497 e. The van der Waals surface area contributed by atoms with Gasteiger partial charge in [0.25, 0.3) is 5.69 Å². The number of anilines is 1. The van der Waals surface area contributed by atoms with Gasteiger partial charge in [-0.25, -0.2) is 0 Å². The molecule has 4 rings (SSSR count). The van der Waals surface area contributed by atoms with Gasteiger partial charge in [-0.2, -0.15) is 0 Å². The highest BCUT2D eigenvalue weighted by molar-refractivity contribution is 6.00. The topological polar surface area (TPSA) is 110 Å². The molecule has 1 fully saturated rings. The van der Waals surface area contributed by atoms with Crippen LogP contribution in [0.5, 0.6) is 11.5 Å². The van der Waals surface area contributed by atoms with E-state index in [1.165, 1.54) is 13.2 Å². The third kappa shape index (κ3) is 4.70. The van der Waals surface area contributed by atoms with Crippen LogP contribution in [0, 0.1) is 10.1 Å². The molecule has 0 saturated carbocycles. The number of aromatic nitrogens is 1. The number of methoxy groups -OCH3 is 2. The van der Waals surface area contributed by atoms with Gasteiger partial charge >= 0.3 is 0 Å². The molecule has 1 N–H and O–H groups in total. The van der Waals surface area contributed by atoms with Crippen LogP contribution in [0.3, 0.4) is 0 Å². The summed E-state index contributed by atoms with van der Waals surface area (Å²) in [5.41, 5.74) is 1.32. The fourth-order valence-corrected chi connectivity index (χ4v) is 5.06. The van der Waals surface area contributed by atoms with E-state index in [2.05, 4.69) is 18.7 Å². The van der Waals surface area contributed by atoms with Crippen LogP contribution in [0.1, 0.15) is 26.7 Å². The number of pyridine rings is 1. The molecule has 2 aromatic carbocycles. The van der Waals surface area contributed by atoms with E-state index < -0.39 is 11.0 Å². The monoisotopic (exact) mass is 498 g/mol. The number of likely N-dealkylation sites (N-methyl/N-ethyl adjacent to an activating group) is 1. The van der Waals surface area contributed by atoms with Gasteiger partial charge in [-0.05, 0) is 32.0 Å². The summed E-state index contributed by atoms with van der Waals surface area (Å²) in [6.07, 6.45) is 0.670. The first kappa shape index (κ1) is 25.7. The lowest BCUT2D eigenvalue weighted by atomic mass is 10.0. The summed E-state index contributed by atoms with van der Waals surface area (Å²) in [6.45, 7) is 8.28. The smallest absolute Gasteiger partial charge is 0.293 e. The normalized spacial score (nSPS) is 14.7. The third-order valence-electron chi connectivity index (χ3n) is 7.19. The molecule has 1 aromatic heterocycles. The zero-order valence-corrected chi connectivity index (χ0v) is 21.3. The number of aliphatic hydroxyl groups excluding tert-OH is 1. The summed E-state index contributed by atoms with van der Waals surface area (Å²) in [6, 6.07) is 6.64. The Bertz CT molecular complexity index is 1330. The van der Waals surface area contributed by atoms with Crippen LogP contribution >= 0.6 is 0 Å². The SMILES string of the molecule is CCN(CC)CCn1c2cc(N3CCC(O)CC3)c([N+](=O)[O-])cc2c(=O)c2c(OC)cc(OC)cc21. The Kier molecular flexibility index (Phi) is 7.65. The molecular formula is C26H34N4O6. The highest BCUT2D eigenvalue weighted by Crippen LogP contribution is 2.37. The molecule has 1 aliphatic rings. The second kappa shape index (κ2) is 10.7. The van der Waals surface area contributed by atoms with E-state index in [-0.39, 0.29) is 16.5 Å². The van der Waals surface area contributed by atoms with Crippen molar-refractivity contribution in [3.05, 3.63) is 44.6 Å². The first-order valence-electron chi connectivity index (χ1n) is 12.4. The Labute approximate surface area is 209 Å². The molecule has 0 bridgehead atoms. The van der Waals surface area contributed by atoms with Crippen LogP contribution in [0.25, 0.3) is 21.8 Å². The maximum absolute atomic E-state index is 13.8. The fraction of sp³-hybridized carbons (Fsp3) is 0.500. The summed E-state index contributed by atoms with van der Waals surface area (Å²) >= 11 is 0. The standard InChI is InChI=1S/C26H34N4O6/c1-5-27(6-2)11-12-29-20-16-21(28-9-7-17(31)8-10-28)22(30(33)34)15-19(20)26(32)25-23(29)13-18(35-3)14-24(25)36-4/h13-17,31H,5-12H2,1-4H3. The summed E-state index contributed by atoms with van der Waals surface area (Å²) < 4.78 is 13.1. The quantitative estimate of drug-likeness (QED) is 0.272. The Hall–Kier alpha value is -3.37. The molecule has 0 unspecified atom stereocenters. The van der Waals surface area contributed by atoms with Crippen molar-refractivity contribution in [1.29, 1.82) is 0 Å². The first-order chi connectivity index (χ1) is 17.3. The maximum atomic E-state index is 13.8. The van der Waals surface area contributed by atoms with Crippen molar-refractivity contribution in [1.82, 2.24) is 9.47 Å². The molecular weight excluding hydrogens is 464 g/mol. The number of benzene rings is 2. The first-order valence-corrected chi connectivity index (χ1v) is 12.4. The summed E-state index contributed by atoms with van der Waals surface area (Å²) in [4.78, 5) is 29.6. The second-order valence-corrected chi connectivity index (χ2v) is 9.06. The molecule has 1 saturated heterocycles. The van der Waals surface area contributed by atoms with E-state index in [0.717, 1.165) is 19.6 Å². The lowest BCUT2D eigenvalue weighted by molar-refractivity contribution is -0.384. The summed E-state index contributed by atoms with van der Waals surface area (Å²) in [7, 11) is 3.06. The van der Waals surface area contributed by atoms with Gasteiger partial charge in [-0.1, -0.05) is 13.8 Å². The van der Waals surface area contributed by atoms with Crippen molar-refractivity contribution < 1.29 is 19.5 Å². The number of fused-ring (bicyclic) bond motifs is 2. The molecule has 3 aromatic rings. The van der Waals surface area contributed by atoms with Crippen LogP contribution in [-0.2, 0) is 6.54 Å². The second-order valence-electron chi connectivity index (χ2n) is 9.06. The van der Waals surface area contributed by atoms with E-state index in [1.54, 1.807) is 19.2 Å². The van der Waals surface area contributed by atoms with Crippen molar-refractivity contribution in [2.75, 3.05) is 51.8 Å². The molecule has 10 heteroatoms. The molecule has 194 valence electrons. The van der Waals surface area contributed by atoms with Gasteiger partial charge in [-0.15, -0.1) is 0 Å². The number of piperidine rings is 1. The average Bonchev–Trinajstić information content (AvgIpc) is 2.89. The third-order valence-corrected chi connectivity index (χ3v) is 7.19. The van der Waals surface area contributed by atoms with Gasteiger partial charge in [0.1, 0.15) is 17.2 Å². The predicted molar refractivity (Wildman–Crippen MR) is 141 cm³/mol. The maximum Gasteiger partial charge on any atom is 0.293 e. The van der Waals surface area contributed by atoms with Gasteiger partial charge in [-0.3, -0.25) is 14.9 Å².